The summed E-state index contributed by atoms with van der Waals surface area (Å²) in [6.45, 7) is 0. The number of aromatic hydroxyl groups is 1. The van der Waals surface area contributed by atoms with Gasteiger partial charge in [0.2, 0.25) is 5.78 Å². The smallest absolute Gasteiger partial charge is 0.255 e. The minimum atomic E-state index is -2.69. The number of Topliss-reactive ketones (excluding diaryl/α,β-unsaturated/α-hetero) is 2. The van der Waals surface area contributed by atoms with Crippen LogP contribution in [0.1, 0.15) is 17.5 Å². The summed E-state index contributed by atoms with van der Waals surface area (Å²) in [6.07, 6.45) is 0.209. The van der Waals surface area contributed by atoms with Gasteiger partial charge in [0.15, 0.2) is 11.4 Å². The topological polar surface area (TPSA) is 178 Å². The first-order valence-corrected chi connectivity index (χ1v) is 13.5. The van der Waals surface area contributed by atoms with Crippen LogP contribution in [0.4, 0.5) is 5.69 Å². The lowest BCUT2D eigenvalue weighted by Crippen LogP contribution is -2.65. The average Bonchev–Trinajstić information content (AvgIpc) is 3.34. The largest absolute Gasteiger partial charge is 0.508 e. The summed E-state index contributed by atoms with van der Waals surface area (Å²) in [7, 11) is 6.75. The van der Waals surface area contributed by atoms with Gasteiger partial charge in [0.25, 0.3) is 5.91 Å². The number of primary amides is 1. The van der Waals surface area contributed by atoms with E-state index in [2.05, 4.69) is 0 Å². The van der Waals surface area contributed by atoms with Gasteiger partial charge in [0.05, 0.1) is 17.2 Å². The number of fused-ring (bicyclic) bond motifs is 4. The molecule has 4 atom stereocenters. The van der Waals surface area contributed by atoms with Gasteiger partial charge in [-0.05, 0) is 56.6 Å². The van der Waals surface area contributed by atoms with Gasteiger partial charge in [0, 0.05) is 36.7 Å². The molecule has 0 aliphatic heterocycles. The molecule has 0 radical (unpaired) electrons. The number of phenolic OH excluding ortho intramolecular Hbond substituents is 1. The second kappa shape index (κ2) is 9.20. The van der Waals surface area contributed by atoms with Crippen LogP contribution in [0.3, 0.4) is 0 Å². The molecule has 6 N–H and O–H groups in total. The van der Waals surface area contributed by atoms with E-state index in [-0.39, 0.29) is 35.3 Å². The third-order valence-electron chi connectivity index (χ3n) is 8.87. The van der Waals surface area contributed by atoms with Gasteiger partial charge in [-0.3, -0.25) is 19.3 Å². The number of likely N-dealkylation sites (N-methyl/N-ethyl adjacent to an activating group) is 1. The summed E-state index contributed by atoms with van der Waals surface area (Å²) >= 11 is 0. The maximum atomic E-state index is 14.1. The quantitative estimate of drug-likeness (QED) is 0.291. The Bertz CT molecular complexity index is 1750. The Morgan fingerprint density at radius 1 is 1.07 bits per heavy atom. The van der Waals surface area contributed by atoms with Crippen molar-refractivity contribution in [2.24, 2.45) is 17.6 Å². The van der Waals surface area contributed by atoms with Gasteiger partial charge in [-0.25, -0.2) is 0 Å². The van der Waals surface area contributed by atoms with Crippen LogP contribution >= 0.6 is 0 Å². The van der Waals surface area contributed by atoms with E-state index >= 15 is 0 Å². The molecule has 3 aromatic rings. The molecule has 1 saturated carbocycles. The lowest BCUT2D eigenvalue weighted by molar-refractivity contribution is -0.153. The van der Waals surface area contributed by atoms with E-state index in [1.54, 1.807) is 32.3 Å². The molecular formula is C31H31N3O8. The highest BCUT2D eigenvalue weighted by molar-refractivity contribution is 6.24. The number of benzene rings is 2. The number of hydrogen-bond donors (Lipinski definition) is 5. The second-order valence-corrected chi connectivity index (χ2v) is 11.6. The molecule has 0 bridgehead atoms. The summed E-state index contributed by atoms with van der Waals surface area (Å²) in [4.78, 5) is 42.9. The molecule has 0 spiro atoms. The van der Waals surface area contributed by atoms with Gasteiger partial charge < -0.3 is 35.5 Å². The van der Waals surface area contributed by atoms with E-state index in [9.17, 15) is 34.8 Å². The van der Waals surface area contributed by atoms with Gasteiger partial charge in [-0.1, -0.05) is 18.2 Å². The lowest BCUT2D eigenvalue weighted by Gasteiger charge is -2.50. The van der Waals surface area contributed by atoms with Crippen LogP contribution in [-0.4, -0.2) is 82.6 Å². The van der Waals surface area contributed by atoms with Crippen LogP contribution < -0.4 is 10.6 Å². The van der Waals surface area contributed by atoms with E-state index in [0.29, 0.717) is 22.6 Å². The third kappa shape index (κ3) is 3.56. The fourth-order valence-corrected chi connectivity index (χ4v) is 6.99. The Labute approximate surface area is 240 Å². The molecule has 11 heteroatoms. The van der Waals surface area contributed by atoms with Gasteiger partial charge in [-0.2, -0.15) is 0 Å². The number of aliphatic hydroxyl groups is 3. The average molecular weight is 574 g/mol. The molecule has 2 aromatic carbocycles. The maximum Gasteiger partial charge on any atom is 0.255 e. The zero-order valence-corrected chi connectivity index (χ0v) is 23.5. The summed E-state index contributed by atoms with van der Waals surface area (Å²) in [5.41, 5.74) is 3.79. The van der Waals surface area contributed by atoms with Gasteiger partial charge in [-0.15, -0.1) is 0 Å². The Morgan fingerprint density at radius 3 is 2.38 bits per heavy atom. The first kappa shape index (κ1) is 27.6. The van der Waals surface area contributed by atoms with Crippen LogP contribution in [0.25, 0.3) is 28.1 Å². The van der Waals surface area contributed by atoms with Gasteiger partial charge in [0.1, 0.15) is 34.2 Å². The molecule has 3 aliphatic carbocycles. The number of carbonyl (C=O) groups is 3. The molecule has 3 aliphatic rings. The molecule has 1 aromatic heterocycles. The zero-order chi connectivity index (χ0) is 30.4. The molecule has 1 amide bonds. The number of carbonyl (C=O) groups excluding carboxylic acids is 3. The van der Waals surface area contributed by atoms with Gasteiger partial charge >= 0.3 is 0 Å². The van der Waals surface area contributed by atoms with Crippen LogP contribution in [0.5, 0.6) is 5.75 Å². The number of nitrogens with zero attached hydrogens (tertiary/aromatic N) is 2. The van der Waals surface area contributed by atoms with E-state index < -0.39 is 58.0 Å². The van der Waals surface area contributed by atoms with E-state index in [1.165, 1.54) is 4.90 Å². The summed E-state index contributed by atoms with van der Waals surface area (Å²) in [6, 6.07) is 9.71. The van der Waals surface area contributed by atoms with E-state index in [4.69, 9.17) is 10.2 Å². The van der Waals surface area contributed by atoms with Crippen molar-refractivity contribution in [3.63, 3.8) is 0 Å². The number of amides is 1. The number of aliphatic hydroxyl groups excluding tert-OH is 2. The molecular weight excluding hydrogens is 542 g/mol. The van der Waals surface area contributed by atoms with Crippen molar-refractivity contribution in [1.82, 2.24) is 4.90 Å². The molecule has 1 fully saturated rings. The van der Waals surface area contributed by atoms with Crippen LogP contribution in [0, 0.1) is 11.8 Å². The van der Waals surface area contributed by atoms with Crippen molar-refractivity contribution in [3.8, 4) is 17.1 Å². The monoisotopic (exact) mass is 573 g/mol. The zero-order valence-electron chi connectivity index (χ0n) is 23.5. The van der Waals surface area contributed by atoms with Crippen molar-refractivity contribution in [2.75, 3.05) is 33.1 Å². The molecule has 42 heavy (non-hydrogen) atoms. The summed E-state index contributed by atoms with van der Waals surface area (Å²) in [5.74, 6) is -6.56. The number of phenols is 1. The number of nitrogens with two attached hydrogens (primary N) is 1. The van der Waals surface area contributed by atoms with Crippen LogP contribution in [0.15, 0.2) is 57.7 Å². The first-order valence-electron chi connectivity index (χ1n) is 13.5. The second-order valence-electron chi connectivity index (χ2n) is 11.6. The molecule has 1 heterocycles. The predicted octanol–water partition coefficient (Wildman–Crippen LogP) is 2.44. The molecule has 11 nitrogen and oxygen atoms in total. The number of ketones is 2. The highest BCUT2D eigenvalue weighted by Crippen LogP contribution is 2.55. The predicted molar refractivity (Wildman–Crippen MR) is 154 cm³/mol. The van der Waals surface area contributed by atoms with Crippen LogP contribution in [-0.2, 0) is 20.8 Å². The Morgan fingerprint density at radius 2 is 1.76 bits per heavy atom. The fourth-order valence-electron chi connectivity index (χ4n) is 6.99. The molecule has 0 unspecified atom stereocenters. The SMILES string of the molecule is CN(C)c1cc(-c2cc3ccccc3o2)c(O)c2c1C[C@@H]1C[C@@H]3[C@@H](N(C)C)C(=O)C(C(N)=O)=C(O)[C@]3(O)C(=O)C1=C2O. The van der Waals surface area contributed by atoms with Crippen molar-refractivity contribution in [1.29, 1.82) is 0 Å². The minimum Gasteiger partial charge on any atom is -0.508 e. The number of para-hydroxylation sites is 1. The molecule has 6 rings (SSSR count). The highest BCUT2D eigenvalue weighted by atomic mass is 16.4. The Balaban J connectivity index is 1.59. The normalized spacial score (nSPS) is 25.5. The van der Waals surface area contributed by atoms with Crippen LogP contribution in [0.2, 0.25) is 0 Å². The van der Waals surface area contributed by atoms with E-state index in [0.717, 1.165) is 5.39 Å². The Kier molecular flexibility index (Phi) is 6.03. The third-order valence-corrected chi connectivity index (χ3v) is 8.87. The number of furan rings is 1. The first-order chi connectivity index (χ1) is 19.8. The number of rotatable bonds is 4. The highest BCUT2D eigenvalue weighted by Gasteiger charge is 2.64. The van der Waals surface area contributed by atoms with Crippen molar-refractivity contribution in [3.05, 3.63) is 64.4 Å². The van der Waals surface area contributed by atoms with Crippen molar-refractivity contribution < 1.29 is 39.2 Å². The number of hydrogen-bond acceptors (Lipinski definition) is 10. The fraction of sp³-hybridized carbons (Fsp3) is 0.323. The molecule has 218 valence electrons. The standard InChI is InChI=1S/C31H31N3O8/c1-33(2)18-12-16(20-11-13-7-5-6-8-19(13)42-20)25(35)22-15(18)9-14-10-17-24(34(3)4)27(37)23(30(32)40)29(39)31(17,41)28(38)21(14)26(22)36/h5-8,11-12,14,17,24,35-36,39,41H,9-10H2,1-4H3,(H2,32,40)/t14-,17-,24-,31-/m1/s1. The summed E-state index contributed by atoms with van der Waals surface area (Å²) in [5, 5.41) is 46.9. The lowest BCUT2D eigenvalue weighted by atomic mass is 9.57. The van der Waals surface area contributed by atoms with E-state index in [1.807, 2.05) is 37.2 Å². The van der Waals surface area contributed by atoms with Crippen molar-refractivity contribution in [2.45, 2.75) is 24.5 Å². The maximum absolute atomic E-state index is 14.1. The number of anilines is 1. The Hall–Kier alpha value is -4.61. The van der Waals surface area contributed by atoms with Crippen molar-refractivity contribution >= 4 is 39.9 Å². The summed E-state index contributed by atoms with van der Waals surface area (Å²) < 4.78 is 6.00. The minimum absolute atomic E-state index is 0.00736. The molecule has 0 saturated heterocycles.